The second kappa shape index (κ2) is 6.56. The Morgan fingerprint density at radius 3 is 2.19 bits per heavy atom. The molecule has 0 atom stereocenters. The zero-order chi connectivity index (χ0) is 15.2. The van der Waals surface area contributed by atoms with E-state index in [9.17, 15) is 9.59 Å². The quantitative estimate of drug-likeness (QED) is 0.689. The van der Waals surface area contributed by atoms with Gasteiger partial charge < -0.3 is 15.7 Å². The predicted molar refractivity (Wildman–Crippen MR) is 76.0 cm³/mol. The Bertz CT molecular complexity index is 634. The third kappa shape index (κ3) is 4.07. The van der Waals surface area contributed by atoms with Crippen LogP contribution >= 0.6 is 0 Å². The van der Waals surface area contributed by atoms with E-state index in [4.69, 9.17) is 5.11 Å². The van der Waals surface area contributed by atoms with E-state index in [1.54, 1.807) is 17.9 Å². The number of carbonyl (C=O) groups is 2. The van der Waals surface area contributed by atoms with E-state index >= 15 is 0 Å². The number of aryl methyl sites for hydroxylation is 1. The number of nitrogens with one attached hydrogen (secondary N) is 2. The van der Waals surface area contributed by atoms with Crippen LogP contribution in [0.15, 0.2) is 36.7 Å². The first-order chi connectivity index (χ1) is 10.1. The monoisotopic (exact) mass is 288 g/mol. The topological polar surface area (TPSA) is 96.2 Å². The lowest BCUT2D eigenvalue weighted by Crippen LogP contribution is -2.34. The van der Waals surface area contributed by atoms with E-state index in [2.05, 4.69) is 15.7 Å². The molecule has 0 unspecified atom stereocenters. The fourth-order valence-electron chi connectivity index (χ4n) is 1.71. The molecule has 0 fully saturated rings. The van der Waals surface area contributed by atoms with Crippen LogP contribution in [0.1, 0.15) is 20.7 Å². The van der Waals surface area contributed by atoms with Crippen molar-refractivity contribution in [3.8, 4) is 5.75 Å². The molecule has 0 radical (unpaired) electrons. The number of nitrogens with zero attached hydrogens (tertiary/aromatic N) is 2. The van der Waals surface area contributed by atoms with Crippen molar-refractivity contribution >= 4 is 11.8 Å². The highest BCUT2D eigenvalue weighted by atomic mass is 16.3. The maximum atomic E-state index is 11.8. The Hall–Kier alpha value is -2.83. The van der Waals surface area contributed by atoms with Gasteiger partial charge in [0.1, 0.15) is 5.75 Å². The average molecular weight is 288 g/mol. The number of aromatic nitrogens is 2. The van der Waals surface area contributed by atoms with E-state index in [1.165, 1.54) is 30.5 Å². The van der Waals surface area contributed by atoms with E-state index in [1.807, 2.05) is 0 Å². The molecule has 1 aromatic carbocycles. The molecule has 0 saturated heterocycles. The van der Waals surface area contributed by atoms with Crippen LogP contribution in [0.4, 0.5) is 0 Å². The molecule has 7 heteroatoms. The lowest BCUT2D eigenvalue weighted by Gasteiger charge is -2.06. The van der Waals surface area contributed by atoms with E-state index in [0.29, 0.717) is 24.2 Å². The number of hydrogen-bond donors (Lipinski definition) is 3. The number of rotatable bonds is 5. The first-order valence-corrected chi connectivity index (χ1v) is 6.40. The fourth-order valence-corrected chi connectivity index (χ4v) is 1.71. The fraction of sp³-hybridized carbons (Fsp3) is 0.214. The Labute approximate surface area is 121 Å². The van der Waals surface area contributed by atoms with Crippen LogP contribution in [-0.4, -0.2) is 39.8 Å². The van der Waals surface area contributed by atoms with Crippen LogP contribution in [0.5, 0.6) is 5.75 Å². The van der Waals surface area contributed by atoms with Crippen molar-refractivity contribution in [1.82, 2.24) is 20.4 Å². The van der Waals surface area contributed by atoms with Gasteiger partial charge in [-0.05, 0) is 24.3 Å². The van der Waals surface area contributed by atoms with Crippen molar-refractivity contribution in [2.24, 2.45) is 7.05 Å². The van der Waals surface area contributed by atoms with E-state index in [-0.39, 0.29) is 17.6 Å². The summed E-state index contributed by atoms with van der Waals surface area (Å²) in [4.78, 5) is 23.5. The molecule has 2 amide bonds. The Balaban J connectivity index is 1.73. The van der Waals surface area contributed by atoms with Crippen molar-refractivity contribution < 1.29 is 14.7 Å². The second-order valence-electron chi connectivity index (χ2n) is 4.46. The first kappa shape index (κ1) is 14.6. The Kier molecular flexibility index (Phi) is 4.55. The van der Waals surface area contributed by atoms with Crippen molar-refractivity contribution in [3.63, 3.8) is 0 Å². The number of benzene rings is 1. The zero-order valence-electron chi connectivity index (χ0n) is 11.5. The minimum Gasteiger partial charge on any atom is -0.508 e. The summed E-state index contributed by atoms with van der Waals surface area (Å²) in [5, 5.41) is 18.4. The summed E-state index contributed by atoms with van der Waals surface area (Å²) in [6, 6.07) is 5.94. The van der Waals surface area contributed by atoms with Crippen LogP contribution < -0.4 is 10.6 Å². The molecule has 0 saturated carbocycles. The first-order valence-electron chi connectivity index (χ1n) is 6.40. The molecule has 0 spiro atoms. The minimum absolute atomic E-state index is 0.107. The average Bonchev–Trinajstić information content (AvgIpc) is 2.90. The van der Waals surface area contributed by atoms with Gasteiger partial charge in [-0.1, -0.05) is 0 Å². The molecular formula is C14H16N4O3. The van der Waals surface area contributed by atoms with Gasteiger partial charge in [0.25, 0.3) is 11.8 Å². The largest absolute Gasteiger partial charge is 0.508 e. The molecule has 0 bridgehead atoms. The molecule has 3 N–H and O–H groups in total. The van der Waals surface area contributed by atoms with Crippen LogP contribution in [0.3, 0.4) is 0 Å². The maximum Gasteiger partial charge on any atom is 0.254 e. The second-order valence-corrected chi connectivity index (χ2v) is 4.46. The standard InChI is InChI=1S/C14H16N4O3/c1-18-9-11(8-17-18)14(21)16-7-6-15-13(20)10-2-4-12(19)5-3-10/h2-5,8-9,19H,6-7H2,1H3,(H,15,20)(H,16,21). The van der Waals surface area contributed by atoms with Crippen molar-refractivity contribution in [2.75, 3.05) is 13.1 Å². The molecule has 7 nitrogen and oxygen atoms in total. The SMILES string of the molecule is Cn1cc(C(=O)NCCNC(=O)c2ccc(O)cc2)cn1. The smallest absolute Gasteiger partial charge is 0.254 e. The summed E-state index contributed by atoms with van der Waals surface area (Å²) in [5.41, 5.74) is 0.925. The summed E-state index contributed by atoms with van der Waals surface area (Å²) in [7, 11) is 1.73. The van der Waals surface area contributed by atoms with Gasteiger partial charge in [0, 0.05) is 31.9 Å². The summed E-state index contributed by atoms with van der Waals surface area (Å²) in [6.45, 7) is 0.628. The molecule has 1 aromatic heterocycles. The van der Waals surface area contributed by atoms with Gasteiger partial charge >= 0.3 is 0 Å². The van der Waals surface area contributed by atoms with Gasteiger partial charge in [0.2, 0.25) is 0 Å². The summed E-state index contributed by atoms with van der Waals surface area (Å²) in [6.07, 6.45) is 3.09. The lowest BCUT2D eigenvalue weighted by atomic mass is 10.2. The van der Waals surface area contributed by atoms with Crippen molar-refractivity contribution in [2.45, 2.75) is 0 Å². The van der Waals surface area contributed by atoms with Crippen molar-refractivity contribution in [1.29, 1.82) is 0 Å². The van der Waals surface area contributed by atoms with E-state index in [0.717, 1.165) is 0 Å². The van der Waals surface area contributed by atoms with Gasteiger partial charge in [0.05, 0.1) is 11.8 Å². The summed E-state index contributed by atoms with van der Waals surface area (Å²) < 4.78 is 1.54. The number of aromatic hydroxyl groups is 1. The lowest BCUT2D eigenvalue weighted by molar-refractivity contribution is 0.0927. The summed E-state index contributed by atoms with van der Waals surface area (Å²) >= 11 is 0. The number of carbonyl (C=O) groups excluding carboxylic acids is 2. The van der Waals surface area contributed by atoms with Gasteiger partial charge in [-0.2, -0.15) is 5.10 Å². The molecule has 0 aliphatic rings. The van der Waals surface area contributed by atoms with Crippen LogP contribution in [0.25, 0.3) is 0 Å². The van der Waals surface area contributed by atoms with Crippen LogP contribution in [0, 0.1) is 0 Å². The molecule has 2 aromatic rings. The van der Waals surface area contributed by atoms with Crippen molar-refractivity contribution in [3.05, 3.63) is 47.8 Å². The highest BCUT2D eigenvalue weighted by Gasteiger charge is 2.08. The molecular weight excluding hydrogens is 272 g/mol. The molecule has 0 aliphatic carbocycles. The third-order valence-corrected chi connectivity index (χ3v) is 2.79. The Morgan fingerprint density at radius 1 is 1.10 bits per heavy atom. The number of phenols is 1. The number of amides is 2. The zero-order valence-corrected chi connectivity index (χ0v) is 11.5. The van der Waals surface area contributed by atoms with Gasteiger partial charge in [-0.25, -0.2) is 0 Å². The molecule has 0 aliphatic heterocycles. The molecule has 2 rings (SSSR count). The molecule has 1 heterocycles. The molecule has 110 valence electrons. The predicted octanol–water partition coefficient (Wildman–Crippen LogP) is 0.285. The van der Waals surface area contributed by atoms with Crippen LogP contribution in [-0.2, 0) is 7.05 Å². The van der Waals surface area contributed by atoms with E-state index < -0.39 is 0 Å². The summed E-state index contributed by atoms with van der Waals surface area (Å²) in [5.74, 6) is -0.386. The van der Waals surface area contributed by atoms with Gasteiger partial charge in [-0.3, -0.25) is 14.3 Å². The highest BCUT2D eigenvalue weighted by molar-refractivity contribution is 5.95. The minimum atomic E-state index is -0.259. The van der Waals surface area contributed by atoms with Gasteiger partial charge in [0.15, 0.2) is 0 Å². The third-order valence-electron chi connectivity index (χ3n) is 2.79. The Morgan fingerprint density at radius 2 is 1.67 bits per heavy atom. The van der Waals surface area contributed by atoms with Gasteiger partial charge in [-0.15, -0.1) is 0 Å². The van der Waals surface area contributed by atoms with Crippen LogP contribution in [0.2, 0.25) is 0 Å². The maximum absolute atomic E-state index is 11.8. The number of hydrogen-bond acceptors (Lipinski definition) is 4. The number of phenolic OH excluding ortho intramolecular Hbond substituents is 1. The highest BCUT2D eigenvalue weighted by Crippen LogP contribution is 2.09. The normalized spacial score (nSPS) is 10.1. The molecule has 21 heavy (non-hydrogen) atoms.